The lowest BCUT2D eigenvalue weighted by Crippen LogP contribution is -2.59. The highest BCUT2D eigenvalue weighted by molar-refractivity contribution is 5.89. The van der Waals surface area contributed by atoms with Crippen LogP contribution in [0.4, 0.5) is 0 Å². The first-order valence-electron chi connectivity index (χ1n) is 12.6. The van der Waals surface area contributed by atoms with Crippen LogP contribution < -0.4 is 0 Å². The predicted molar refractivity (Wildman–Crippen MR) is 123 cm³/mol. The van der Waals surface area contributed by atoms with Crippen LogP contribution in [0.25, 0.3) is 0 Å². The van der Waals surface area contributed by atoms with Crippen LogP contribution in [0.3, 0.4) is 0 Å². The molecule has 36 heavy (non-hydrogen) atoms. The van der Waals surface area contributed by atoms with Gasteiger partial charge < -0.3 is 49.6 Å². The SMILES string of the molecule is CCCCCC(CCCCC)C(=O)OC[C@H](O)[C@H]1OC(=O)C(O[C@H]2O[C@H](CO)[C@@H](O)[C@H](O)[C@H]2O)=C1O. The Hall–Kier alpha value is -1.96. The molecule has 0 amide bonds. The second-order valence-electron chi connectivity index (χ2n) is 9.24. The van der Waals surface area contributed by atoms with E-state index in [-0.39, 0.29) is 5.92 Å². The Morgan fingerprint density at radius 1 is 1.00 bits per heavy atom. The molecule has 0 aliphatic carbocycles. The fraction of sp³-hybridized carbons (Fsp3) is 0.833. The van der Waals surface area contributed by atoms with Crippen LogP contribution in [0, 0.1) is 5.92 Å². The van der Waals surface area contributed by atoms with Crippen molar-refractivity contribution in [1.82, 2.24) is 0 Å². The summed E-state index contributed by atoms with van der Waals surface area (Å²) in [6.07, 6.45) is -4.30. The van der Waals surface area contributed by atoms with Gasteiger partial charge in [-0.05, 0) is 12.8 Å². The molecule has 0 radical (unpaired) electrons. The Balaban J connectivity index is 1.98. The Morgan fingerprint density at radius 2 is 1.61 bits per heavy atom. The Kier molecular flexibility index (Phi) is 12.4. The van der Waals surface area contributed by atoms with Crippen molar-refractivity contribution >= 4 is 11.9 Å². The maximum atomic E-state index is 12.6. The van der Waals surface area contributed by atoms with E-state index in [0.29, 0.717) is 12.8 Å². The lowest BCUT2D eigenvalue weighted by molar-refractivity contribution is -0.291. The van der Waals surface area contributed by atoms with E-state index >= 15 is 0 Å². The standard InChI is InChI=1S/C24H40O12/c1-3-5-7-9-13(10-8-6-4-2)22(31)33-12-14(26)20-19(30)21(23(32)35-20)36-24-18(29)17(28)16(27)15(11-25)34-24/h13-18,20,24-30H,3-12H2,1-2H3/t14-,15+,16+,17-,18+,20+,24+/m0/s1. The number of ether oxygens (including phenoxy) is 4. The molecule has 12 heteroatoms. The number of hydrogen-bond acceptors (Lipinski definition) is 12. The summed E-state index contributed by atoms with van der Waals surface area (Å²) in [7, 11) is 0. The molecule has 6 N–H and O–H groups in total. The van der Waals surface area contributed by atoms with Crippen LogP contribution >= 0.6 is 0 Å². The summed E-state index contributed by atoms with van der Waals surface area (Å²) >= 11 is 0. The molecule has 2 heterocycles. The zero-order valence-corrected chi connectivity index (χ0v) is 20.8. The maximum absolute atomic E-state index is 12.6. The molecule has 0 spiro atoms. The predicted octanol–water partition coefficient (Wildman–Crippen LogP) is 0.179. The van der Waals surface area contributed by atoms with Gasteiger partial charge in [0.15, 0.2) is 11.9 Å². The van der Waals surface area contributed by atoms with Crippen LogP contribution in [-0.4, -0.2) is 98.7 Å². The van der Waals surface area contributed by atoms with E-state index in [0.717, 1.165) is 38.5 Å². The summed E-state index contributed by atoms with van der Waals surface area (Å²) in [5.74, 6) is -3.56. The van der Waals surface area contributed by atoms with Crippen molar-refractivity contribution in [1.29, 1.82) is 0 Å². The minimum atomic E-state index is -1.82. The van der Waals surface area contributed by atoms with Crippen molar-refractivity contribution in [3.05, 3.63) is 11.5 Å². The quantitative estimate of drug-likeness (QED) is 0.127. The minimum absolute atomic E-state index is 0.310. The number of carbonyl (C=O) groups is 2. The monoisotopic (exact) mass is 520 g/mol. The average Bonchev–Trinajstić information content (AvgIpc) is 3.14. The fourth-order valence-corrected chi connectivity index (χ4v) is 4.14. The lowest BCUT2D eigenvalue weighted by Gasteiger charge is -2.39. The number of aliphatic hydroxyl groups excluding tert-OH is 6. The van der Waals surface area contributed by atoms with Gasteiger partial charge in [-0.3, -0.25) is 4.79 Å². The van der Waals surface area contributed by atoms with Gasteiger partial charge in [-0.25, -0.2) is 4.79 Å². The average molecular weight is 521 g/mol. The van der Waals surface area contributed by atoms with E-state index < -0.39 is 79.6 Å². The van der Waals surface area contributed by atoms with Gasteiger partial charge in [0.2, 0.25) is 12.0 Å². The van der Waals surface area contributed by atoms with Crippen LogP contribution in [0.5, 0.6) is 0 Å². The summed E-state index contributed by atoms with van der Waals surface area (Å²) in [5, 5.41) is 59.9. The molecule has 208 valence electrons. The molecule has 2 aliphatic rings. The van der Waals surface area contributed by atoms with Crippen molar-refractivity contribution in [2.75, 3.05) is 13.2 Å². The number of aliphatic hydroxyl groups is 6. The molecule has 1 fully saturated rings. The van der Waals surface area contributed by atoms with Crippen LogP contribution in [-0.2, 0) is 28.5 Å². The molecule has 0 saturated carbocycles. The summed E-state index contributed by atoms with van der Waals surface area (Å²) in [6, 6.07) is 0. The molecule has 1 saturated heterocycles. The molecular weight excluding hydrogens is 480 g/mol. The molecule has 2 aliphatic heterocycles. The van der Waals surface area contributed by atoms with E-state index in [2.05, 4.69) is 13.8 Å². The maximum Gasteiger partial charge on any atom is 0.378 e. The highest BCUT2D eigenvalue weighted by Gasteiger charge is 2.48. The van der Waals surface area contributed by atoms with E-state index in [1.54, 1.807) is 0 Å². The Labute approximate surface area is 210 Å². The van der Waals surface area contributed by atoms with E-state index in [9.17, 15) is 40.2 Å². The molecule has 0 aromatic carbocycles. The minimum Gasteiger partial charge on any atom is -0.505 e. The van der Waals surface area contributed by atoms with Gasteiger partial charge in [-0.1, -0.05) is 52.4 Å². The number of esters is 2. The summed E-state index contributed by atoms with van der Waals surface area (Å²) < 4.78 is 20.6. The topological polar surface area (TPSA) is 192 Å². The first-order chi connectivity index (χ1) is 17.2. The molecule has 2 rings (SSSR count). The van der Waals surface area contributed by atoms with Crippen LogP contribution in [0.1, 0.15) is 65.2 Å². The third kappa shape index (κ3) is 7.77. The highest BCUT2D eigenvalue weighted by atomic mass is 16.7. The second kappa shape index (κ2) is 14.7. The number of cyclic esters (lactones) is 1. The van der Waals surface area contributed by atoms with Crippen molar-refractivity contribution in [2.45, 2.75) is 108 Å². The largest absolute Gasteiger partial charge is 0.505 e. The molecule has 7 atom stereocenters. The first kappa shape index (κ1) is 30.3. The lowest BCUT2D eigenvalue weighted by atomic mass is 9.95. The zero-order chi connectivity index (χ0) is 26.8. The smallest absolute Gasteiger partial charge is 0.378 e. The van der Waals surface area contributed by atoms with Gasteiger partial charge in [-0.15, -0.1) is 0 Å². The molecule has 0 aromatic heterocycles. The van der Waals surface area contributed by atoms with Gasteiger partial charge >= 0.3 is 11.9 Å². The molecule has 0 bridgehead atoms. The second-order valence-corrected chi connectivity index (χ2v) is 9.24. The number of unbranched alkanes of at least 4 members (excludes halogenated alkanes) is 4. The van der Waals surface area contributed by atoms with Gasteiger partial charge in [0.25, 0.3) is 0 Å². The van der Waals surface area contributed by atoms with E-state index in [1.807, 2.05) is 0 Å². The van der Waals surface area contributed by atoms with Gasteiger partial charge in [-0.2, -0.15) is 0 Å². The third-order valence-electron chi connectivity index (χ3n) is 6.40. The van der Waals surface area contributed by atoms with Crippen LogP contribution in [0.15, 0.2) is 11.5 Å². The normalized spacial score (nSPS) is 29.4. The summed E-state index contributed by atoms with van der Waals surface area (Å²) in [5.41, 5.74) is 0. The van der Waals surface area contributed by atoms with Crippen LogP contribution in [0.2, 0.25) is 0 Å². The molecule has 12 nitrogen and oxygen atoms in total. The zero-order valence-electron chi connectivity index (χ0n) is 20.8. The summed E-state index contributed by atoms with van der Waals surface area (Å²) in [4.78, 5) is 24.9. The number of carbonyl (C=O) groups excluding carboxylic acids is 2. The Bertz CT molecular complexity index is 729. The first-order valence-corrected chi connectivity index (χ1v) is 12.6. The van der Waals surface area contributed by atoms with E-state index in [1.165, 1.54) is 0 Å². The molecular formula is C24H40O12. The van der Waals surface area contributed by atoms with Gasteiger partial charge in [0.1, 0.15) is 37.1 Å². The number of hydrogen-bond donors (Lipinski definition) is 6. The van der Waals surface area contributed by atoms with Gasteiger partial charge in [0.05, 0.1) is 12.5 Å². The Morgan fingerprint density at radius 3 is 2.17 bits per heavy atom. The fourth-order valence-electron chi connectivity index (χ4n) is 4.14. The molecule has 0 unspecified atom stereocenters. The summed E-state index contributed by atoms with van der Waals surface area (Å²) in [6.45, 7) is 2.88. The third-order valence-corrected chi connectivity index (χ3v) is 6.40. The van der Waals surface area contributed by atoms with Gasteiger partial charge in [0, 0.05) is 0 Å². The van der Waals surface area contributed by atoms with E-state index in [4.69, 9.17) is 18.9 Å². The van der Waals surface area contributed by atoms with Crippen molar-refractivity contribution in [3.63, 3.8) is 0 Å². The van der Waals surface area contributed by atoms with Crippen molar-refractivity contribution < 1.29 is 59.2 Å². The number of rotatable bonds is 15. The highest BCUT2D eigenvalue weighted by Crippen LogP contribution is 2.30. The van der Waals surface area contributed by atoms with Crippen molar-refractivity contribution in [2.24, 2.45) is 5.92 Å². The molecule has 0 aromatic rings. The van der Waals surface area contributed by atoms with Crippen molar-refractivity contribution in [3.8, 4) is 0 Å².